The van der Waals surface area contributed by atoms with Gasteiger partial charge in [0.2, 0.25) is 0 Å². The fourth-order valence-corrected chi connectivity index (χ4v) is 2.79. The molecule has 8 heteroatoms. The highest BCUT2D eigenvalue weighted by molar-refractivity contribution is 5.88. The summed E-state index contributed by atoms with van der Waals surface area (Å²) in [4.78, 5) is 28.1. The van der Waals surface area contributed by atoms with Crippen LogP contribution in [0.25, 0.3) is 0 Å². The van der Waals surface area contributed by atoms with Crippen LogP contribution < -0.4 is 16.3 Å². The third-order valence-electron chi connectivity index (χ3n) is 4.11. The summed E-state index contributed by atoms with van der Waals surface area (Å²) in [5.74, 6) is 1.43. The van der Waals surface area contributed by atoms with Gasteiger partial charge in [-0.15, -0.1) is 0 Å². The van der Waals surface area contributed by atoms with Crippen molar-refractivity contribution in [2.45, 2.75) is 45.7 Å². The molecular formula is C16H22N6O2. The number of hydrogen-bond acceptors (Lipinski definition) is 4. The SMILES string of the molecule is Cc1cccnc1NC(=O)NCCCn1nc2n(c1=O)CCCC2. The number of nitrogens with zero attached hydrogens (tertiary/aromatic N) is 4. The second kappa shape index (κ2) is 7.29. The van der Waals surface area contributed by atoms with Crippen molar-refractivity contribution in [1.29, 1.82) is 0 Å². The number of nitrogens with one attached hydrogen (secondary N) is 2. The van der Waals surface area contributed by atoms with Crippen molar-refractivity contribution >= 4 is 11.8 Å². The summed E-state index contributed by atoms with van der Waals surface area (Å²) in [7, 11) is 0. The van der Waals surface area contributed by atoms with Crippen molar-refractivity contribution in [2.24, 2.45) is 0 Å². The molecule has 1 aliphatic heterocycles. The Labute approximate surface area is 139 Å². The smallest absolute Gasteiger partial charge is 0.338 e. The molecule has 0 aliphatic carbocycles. The third kappa shape index (κ3) is 3.64. The van der Waals surface area contributed by atoms with Crippen LogP contribution in [0, 0.1) is 6.92 Å². The molecule has 0 spiro atoms. The van der Waals surface area contributed by atoms with Crippen LogP contribution >= 0.6 is 0 Å². The van der Waals surface area contributed by atoms with Gasteiger partial charge >= 0.3 is 11.7 Å². The first-order valence-electron chi connectivity index (χ1n) is 8.28. The zero-order valence-corrected chi connectivity index (χ0v) is 13.8. The Morgan fingerprint density at radius 1 is 1.38 bits per heavy atom. The Balaban J connectivity index is 1.46. The van der Waals surface area contributed by atoms with E-state index in [-0.39, 0.29) is 11.7 Å². The molecule has 3 rings (SSSR count). The zero-order chi connectivity index (χ0) is 16.9. The van der Waals surface area contributed by atoms with E-state index in [9.17, 15) is 9.59 Å². The predicted octanol–water partition coefficient (Wildman–Crippen LogP) is 1.30. The lowest BCUT2D eigenvalue weighted by Crippen LogP contribution is -2.32. The van der Waals surface area contributed by atoms with Gasteiger partial charge in [0, 0.05) is 32.3 Å². The van der Waals surface area contributed by atoms with E-state index in [0.29, 0.717) is 25.3 Å². The predicted molar refractivity (Wildman–Crippen MR) is 90.0 cm³/mol. The Bertz CT molecular complexity index is 779. The topological polar surface area (TPSA) is 93.8 Å². The highest BCUT2D eigenvalue weighted by Gasteiger charge is 2.16. The van der Waals surface area contributed by atoms with Crippen molar-refractivity contribution in [3.8, 4) is 0 Å². The van der Waals surface area contributed by atoms with Gasteiger partial charge in [-0.3, -0.25) is 9.88 Å². The molecule has 128 valence electrons. The fourth-order valence-electron chi connectivity index (χ4n) is 2.79. The number of pyridine rings is 1. The minimum absolute atomic E-state index is 0.0433. The van der Waals surface area contributed by atoms with Gasteiger partial charge in [-0.05, 0) is 37.8 Å². The van der Waals surface area contributed by atoms with E-state index in [1.165, 1.54) is 4.68 Å². The lowest BCUT2D eigenvalue weighted by Gasteiger charge is -2.09. The summed E-state index contributed by atoms with van der Waals surface area (Å²) in [6, 6.07) is 3.41. The molecule has 0 saturated carbocycles. The maximum Gasteiger partial charge on any atom is 0.345 e. The van der Waals surface area contributed by atoms with E-state index < -0.39 is 0 Å². The monoisotopic (exact) mass is 330 g/mol. The number of anilines is 1. The molecule has 2 N–H and O–H groups in total. The molecule has 3 heterocycles. The summed E-state index contributed by atoms with van der Waals surface area (Å²) < 4.78 is 3.26. The molecule has 1 aliphatic rings. The van der Waals surface area contributed by atoms with Gasteiger partial charge in [0.15, 0.2) is 0 Å². The van der Waals surface area contributed by atoms with Gasteiger partial charge in [-0.1, -0.05) is 6.07 Å². The molecule has 0 unspecified atom stereocenters. The van der Waals surface area contributed by atoms with Gasteiger partial charge in [0.25, 0.3) is 0 Å². The number of fused-ring (bicyclic) bond motifs is 1. The standard InChI is InChI=1S/C16H22N6O2/c1-12-6-4-8-17-14(12)19-15(23)18-9-5-11-22-16(24)21-10-3-2-7-13(21)20-22/h4,6,8H,2-3,5,7,9-11H2,1H3,(H2,17,18,19,23). The van der Waals surface area contributed by atoms with Gasteiger partial charge in [-0.2, -0.15) is 5.10 Å². The van der Waals surface area contributed by atoms with Gasteiger partial charge in [-0.25, -0.2) is 19.3 Å². The number of aromatic nitrogens is 4. The molecule has 2 aromatic heterocycles. The second-order valence-electron chi connectivity index (χ2n) is 5.93. The molecule has 0 fully saturated rings. The van der Waals surface area contributed by atoms with Crippen LogP contribution in [0.15, 0.2) is 23.1 Å². The molecule has 0 saturated heterocycles. The first kappa shape index (κ1) is 16.2. The second-order valence-corrected chi connectivity index (χ2v) is 5.93. The molecule has 2 aromatic rings. The number of carbonyl (C=O) groups excluding carboxylic acids is 1. The first-order chi connectivity index (χ1) is 11.6. The van der Waals surface area contributed by atoms with Crippen LogP contribution in [0.5, 0.6) is 0 Å². The van der Waals surface area contributed by atoms with Gasteiger partial charge in [0.1, 0.15) is 11.6 Å². The Hall–Kier alpha value is -2.64. The fraction of sp³-hybridized carbons (Fsp3) is 0.500. The summed E-state index contributed by atoms with van der Waals surface area (Å²) >= 11 is 0. The molecule has 24 heavy (non-hydrogen) atoms. The van der Waals surface area contributed by atoms with Crippen LogP contribution in [0.1, 0.15) is 30.7 Å². The number of amides is 2. The summed E-state index contributed by atoms with van der Waals surface area (Å²) in [6.45, 7) is 3.61. The van der Waals surface area contributed by atoms with E-state index in [2.05, 4.69) is 20.7 Å². The van der Waals surface area contributed by atoms with Crippen molar-refractivity contribution in [2.75, 3.05) is 11.9 Å². The largest absolute Gasteiger partial charge is 0.345 e. The number of urea groups is 1. The quantitative estimate of drug-likeness (QED) is 0.808. The average Bonchev–Trinajstić information content (AvgIpc) is 2.90. The zero-order valence-electron chi connectivity index (χ0n) is 13.8. The number of rotatable bonds is 5. The lowest BCUT2D eigenvalue weighted by molar-refractivity contribution is 0.251. The average molecular weight is 330 g/mol. The maximum absolute atomic E-state index is 12.2. The minimum atomic E-state index is -0.298. The Kier molecular flexibility index (Phi) is 4.93. The minimum Gasteiger partial charge on any atom is -0.338 e. The molecule has 0 atom stereocenters. The summed E-state index contributed by atoms with van der Waals surface area (Å²) in [5.41, 5.74) is 0.862. The molecule has 0 bridgehead atoms. The van der Waals surface area contributed by atoms with Gasteiger partial charge < -0.3 is 5.32 Å². The van der Waals surface area contributed by atoms with Crippen molar-refractivity contribution in [3.05, 3.63) is 40.2 Å². The van der Waals surface area contributed by atoms with Crippen LogP contribution in [0.2, 0.25) is 0 Å². The highest BCUT2D eigenvalue weighted by Crippen LogP contribution is 2.09. The van der Waals surface area contributed by atoms with E-state index in [4.69, 9.17) is 0 Å². The normalized spacial score (nSPS) is 13.4. The molecule has 8 nitrogen and oxygen atoms in total. The van der Waals surface area contributed by atoms with E-state index in [1.807, 2.05) is 19.1 Å². The molecule has 2 amide bonds. The Morgan fingerprint density at radius 3 is 3.04 bits per heavy atom. The molecule has 0 aromatic carbocycles. The number of aryl methyl sites for hydroxylation is 3. The molecular weight excluding hydrogens is 308 g/mol. The Morgan fingerprint density at radius 2 is 2.25 bits per heavy atom. The van der Waals surface area contributed by atoms with Crippen LogP contribution in [-0.2, 0) is 19.5 Å². The van der Waals surface area contributed by atoms with Crippen molar-refractivity contribution < 1.29 is 4.79 Å². The van der Waals surface area contributed by atoms with E-state index in [1.54, 1.807) is 10.8 Å². The van der Waals surface area contributed by atoms with Crippen molar-refractivity contribution in [1.82, 2.24) is 24.6 Å². The number of carbonyl (C=O) groups is 1. The highest BCUT2D eigenvalue weighted by atomic mass is 16.2. The summed E-state index contributed by atoms with van der Waals surface area (Å²) in [6.07, 6.45) is 5.27. The maximum atomic E-state index is 12.2. The lowest BCUT2D eigenvalue weighted by atomic mass is 10.2. The first-order valence-corrected chi connectivity index (χ1v) is 8.28. The van der Waals surface area contributed by atoms with Gasteiger partial charge in [0.05, 0.1) is 0 Å². The van der Waals surface area contributed by atoms with Crippen LogP contribution in [0.3, 0.4) is 0 Å². The van der Waals surface area contributed by atoms with E-state index >= 15 is 0 Å². The number of hydrogen-bond donors (Lipinski definition) is 2. The summed E-state index contributed by atoms with van der Waals surface area (Å²) in [5, 5.41) is 9.86. The van der Waals surface area contributed by atoms with Crippen LogP contribution in [-0.4, -0.2) is 31.9 Å². The van der Waals surface area contributed by atoms with Crippen LogP contribution in [0.4, 0.5) is 10.6 Å². The van der Waals surface area contributed by atoms with E-state index in [0.717, 1.165) is 37.2 Å². The third-order valence-corrected chi connectivity index (χ3v) is 4.11. The van der Waals surface area contributed by atoms with Crippen molar-refractivity contribution in [3.63, 3.8) is 0 Å². The molecule has 0 radical (unpaired) electrons.